The van der Waals surface area contributed by atoms with E-state index in [9.17, 15) is 0 Å². The van der Waals surface area contributed by atoms with Crippen molar-refractivity contribution in [1.29, 1.82) is 0 Å². The van der Waals surface area contributed by atoms with Crippen molar-refractivity contribution in [3.63, 3.8) is 0 Å². The van der Waals surface area contributed by atoms with Crippen molar-refractivity contribution in [1.82, 2.24) is 4.90 Å². The van der Waals surface area contributed by atoms with Gasteiger partial charge in [-0.15, -0.1) is 0 Å². The Bertz CT molecular complexity index is 170. The van der Waals surface area contributed by atoms with Gasteiger partial charge >= 0.3 is 0 Å². The SMILES string of the molecule is CCC(C)N(CC)CCC1(CN)CCC1. The zero-order chi connectivity index (χ0) is 11.3. The molecular formula is C13H28N2. The molecule has 0 aromatic carbocycles. The average Bonchev–Trinajstić information content (AvgIpc) is 2.21. The van der Waals surface area contributed by atoms with Crippen molar-refractivity contribution in [3.8, 4) is 0 Å². The van der Waals surface area contributed by atoms with Gasteiger partial charge in [0.1, 0.15) is 0 Å². The minimum absolute atomic E-state index is 0.515. The van der Waals surface area contributed by atoms with E-state index < -0.39 is 0 Å². The van der Waals surface area contributed by atoms with Crippen LogP contribution in [0, 0.1) is 5.41 Å². The van der Waals surface area contributed by atoms with Gasteiger partial charge in [0, 0.05) is 6.04 Å². The summed E-state index contributed by atoms with van der Waals surface area (Å²) in [5.41, 5.74) is 6.40. The molecule has 0 heterocycles. The summed E-state index contributed by atoms with van der Waals surface area (Å²) in [5, 5.41) is 0. The summed E-state index contributed by atoms with van der Waals surface area (Å²) in [6.45, 7) is 10.2. The standard InChI is InChI=1S/C13H28N2/c1-4-12(3)15(5-2)10-9-13(11-14)7-6-8-13/h12H,4-11,14H2,1-3H3. The number of nitrogens with zero attached hydrogens (tertiary/aromatic N) is 1. The van der Waals surface area contributed by atoms with Crippen LogP contribution in [0.1, 0.15) is 52.9 Å². The fraction of sp³-hybridized carbons (Fsp3) is 1.00. The largest absolute Gasteiger partial charge is 0.330 e. The number of hydrogen-bond acceptors (Lipinski definition) is 2. The zero-order valence-corrected chi connectivity index (χ0v) is 10.8. The van der Waals surface area contributed by atoms with E-state index in [0.29, 0.717) is 5.41 Å². The Morgan fingerprint density at radius 2 is 2.00 bits per heavy atom. The monoisotopic (exact) mass is 212 g/mol. The highest BCUT2D eigenvalue weighted by Crippen LogP contribution is 2.43. The molecule has 0 radical (unpaired) electrons. The molecule has 1 saturated carbocycles. The third-order valence-corrected chi connectivity index (χ3v) is 4.40. The van der Waals surface area contributed by atoms with Crippen LogP contribution < -0.4 is 5.73 Å². The molecular weight excluding hydrogens is 184 g/mol. The van der Waals surface area contributed by atoms with Gasteiger partial charge in [-0.05, 0) is 57.7 Å². The topological polar surface area (TPSA) is 29.3 Å². The summed E-state index contributed by atoms with van der Waals surface area (Å²) in [4.78, 5) is 2.59. The van der Waals surface area contributed by atoms with Crippen molar-refractivity contribution in [2.45, 2.75) is 58.9 Å². The summed E-state index contributed by atoms with van der Waals surface area (Å²) < 4.78 is 0. The Morgan fingerprint density at radius 1 is 1.33 bits per heavy atom. The highest BCUT2D eigenvalue weighted by Gasteiger charge is 2.35. The maximum atomic E-state index is 5.89. The first-order valence-corrected chi connectivity index (χ1v) is 6.61. The first-order chi connectivity index (χ1) is 7.17. The van der Waals surface area contributed by atoms with Crippen molar-refractivity contribution >= 4 is 0 Å². The second-order valence-corrected chi connectivity index (χ2v) is 5.19. The molecule has 0 spiro atoms. The van der Waals surface area contributed by atoms with E-state index in [2.05, 4.69) is 25.7 Å². The molecule has 15 heavy (non-hydrogen) atoms. The molecule has 2 N–H and O–H groups in total. The first kappa shape index (κ1) is 13.0. The van der Waals surface area contributed by atoms with Crippen LogP contribution in [0.2, 0.25) is 0 Å². The molecule has 0 bridgehead atoms. The van der Waals surface area contributed by atoms with Gasteiger partial charge in [-0.25, -0.2) is 0 Å². The molecule has 0 aromatic rings. The van der Waals surface area contributed by atoms with Crippen molar-refractivity contribution in [2.24, 2.45) is 11.1 Å². The lowest BCUT2D eigenvalue weighted by Crippen LogP contribution is -2.42. The van der Waals surface area contributed by atoms with E-state index in [-0.39, 0.29) is 0 Å². The van der Waals surface area contributed by atoms with E-state index in [1.807, 2.05) is 0 Å². The summed E-state index contributed by atoms with van der Waals surface area (Å²) >= 11 is 0. The molecule has 0 saturated heterocycles. The van der Waals surface area contributed by atoms with E-state index in [4.69, 9.17) is 5.73 Å². The van der Waals surface area contributed by atoms with Gasteiger partial charge in [0.05, 0.1) is 0 Å². The zero-order valence-electron chi connectivity index (χ0n) is 10.8. The van der Waals surface area contributed by atoms with Crippen LogP contribution in [0.25, 0.3) is 0 Å². The van der Waals surface area contributed by atoms with Gasteiger partial charge in [-0.3, -0.25) is 0 Å². The molecule has 1 fully saturated rings. The van der Waals surface area contributed by atoms with Gasteiger partial charge in [-0.2, -0.15) is 0 Å². The van der Waals surface area contributed by atoms with E-state index >= 15 is 0 Å². The Balaban J connectivity index is 2.33. The number of nitrogens with two attached hydrogens (primary N) is 1. The fourth-order valence-corrected chi connectivity index (χ4v) is 2.56. The fourth-order valence-electron chi connectivity index (χ4n) is 2.56. The Hall–Kier alpha value is -0.0800. The van der Waals surface area contributed by atoms with Gasteiger partial charge in [0.2, 0.25) is 0 Å². The van der Waals surface area contributed by atoms with Crippen molar-refractivity contribution < 1.29 is 0 Å². The quantitative estimate of drug-likeness (QED) is 0.703. The summed E-state index contributed by atoms with van der Waals surface area (Å²) in [6, 6.07) is 0.727. The molecule has 0 aliphatic heterocycles. The Labute approximate surface area is 95.2 Å². The molecule has 1 unspecified atom stereocenters. The lowest BCUT2D eigenvalue weighted by molar-refractivity contribution is 0.0953. The molecule has 0 amide bonds. The molecule has 1 aliphatic rings. The van der Waals surface area contributed by atoms with Crippen molar-refractivity contribution in [2.75, 3.05) is 19.6 Å². The normalized spacial score (nSPS) is 21.4. The summed E-state index contributed by atoms with van der Waals surface area (Å²) in [7, 11) is 0. The maximum absolute atomic E-state index is 5.89. The van der Waals surface area contributed by atoms with Crippen LogP contribution in [0.15, 0.2) is 0 Å². The number of hydrogen-bond donors (Lipinski definition) is 1. The van der Waals surface area contributed by atoms with Gasteiger partial charge in [-0.1, -0.05) is 20.3 Å². The number of rotatable bonds is 7. The lowest BCUT2D eigenvalue weighted by Gasteiger charge is -2.43. The molecule has 0 aromatic heterocycles. The third kappa shape index (κ3) is 3.18. The molecule has 90 valence electrons. The molecule has 1 rings (SSSR count). The molecule has 2 heteroatoms. The average molecular weight is 212 g/mol. The van der Waals surface area contributed by atoms with Crippen LogP contribution in [0.5, 0.6) is 0 Å². The second-order valence-electron chi connectivity index (χ2n) is 5.19. The summed E-state index contributed by atoms with van der Waals surface area (Å²) in [5.74, 6) is 0. The van der Waals surface area contributed by atoms with E-state index in [1.54, 1.807) is 0 Å². The molecule has 1 atom stereocenters. The predicted molar refractivity (Wildman–Crippen MR) is 67.0 cm³/mol. The lowest BCUT2D eigenvalue weighted by atomic mass is 9.66. The third-order valence-electron chi connectivity index (χ3n) is 4.40. The maximum Gasteiger partial charge on any atom is 0.00641 e. The first-order valence-electron chi connectivity index (χ1n) is 6.61. The highest BCUT2D eigenvalue weighted by molar-refractivity contribution is 4.89. The minimum Gasteiger partial charge on any atom is -0.330 e. The van der Waals surface area contributed by atoms with Crippen LogP contribution >= 0.6 is 0 Å². The van der Waals surface area contributed by atoms with Crippen molar-refractivity contribution in [3.05, 3.63) is 0 Å². The predicted octanol–water partition coefficient (Wildman–Crippen LogP) is 2.63. The summed E-state index contributed by atoms with van der Waals surface area (Å²) in [6.07, 6.45) is 6.68. The van der Waals surface area contributed by atoms with E-state index in [0.717, 1.165) is 12.6 Å². The smallest absolute Gasteiger partial charge is 0.00641 e. The van der Waals surface area contributed by atoms with Gasteiger partial charge in [0.15, 0.2) is 0 Å². The van der Waals surface area contributed by atoms with Crippen LogP contribution in [-0.4, -0.2) is 30.6 Å². The van der Waals surface area contributed by atoms with Gasteiger partial charge < -0.3 is 10.6 Å². The van der Waals surface area contributed by atoms with Crippen LogP contribution in [-0.2, 0) is 0 Å². The van der Waals surface area contributed by atoms with Gasteiger partial charge in [0.25, 0.3) is 0 Å². The van der Waals surface area contributed by atoms with Crippen LogP contribution in [0.3, 0.4) is 0 Å². The Morgan fingerprint density at radius 3 is 2.33 bits per heavy atom. The second kappa shape index (κ2) is 5.86. The molecule has 1 aliphatic carbocycles. The highest BCUT2D eigenvalue weighted by atomic mass is 15.1. The Kier molecular flexibility index (Phi) is 5.07. The minimum atomic E-state index is 0.515. The van der Waals surface area contributed by atoms with Crippen LogP contribution in [0.4, 0.5) is 0 Å². The molecule has 2 nitrogen and oxygen atoms in total. The van der Waals surface area contributed by atoms with E-state index in [1.165, 1.54) is 45.2 Å².